The summed E-state index contributed by atoms with van der Waals surface area (Å²) in [7, 11) is 0. The third-order valence-electron chi connectivity index (χ3n) is 3.56. The molecule has 0 aliphatic carbocycles. The van der Waals surface area contributed by atoms with Gasteiger partial charge in [0.25, 0.3) is 5.91 Å². The fourth-order valence-electron chi connectivity index (χ4n) is 2.24. The molecule has 0 aromatic carbocycles. The lowest BCUT2D eigenvalue weighted by molar-refractivity contribution is 0.0935. The largest absolute Gasteiger partial charge is 0.345 e. The molecule has 2 aromatic rings. The number of carbonyl (C=O) groups is 1. The molecule has 0 saturated heterocycles. The molecule has 0 bridgehead atoms. The highest BCUT2D eigenvalue weighted by Crippen LogP contribution is 2.24. The van der Waals surface area contributed by atoms with Crippen molar-refractivity contribution in [2.24, 2.45) is 0 Å². The lowest BCUT2D eigenvalue weighted by Gasteiger charge is -2.17. The van der Waals surface area contributed by atoms with Crippen LogP contribution >= 0.6 is 11.8 Å². The molecule has 5 nitrogen and oxygen atoms in total. The van der Waals surface area contributed by atoms with E-state index in [1.165, 1.54) is 11.8 Å². The summed E-state index contributed by atoms with van der Waals surface area (Å²) in [4.78, 5) is 25.7. The van der Waals surface area contributed by atoms with E-state index in [1.807, 2.05) is 46.1 Å². The SMILES string of the molecule is CSc1nc(C(C)C)nc(C)c1C(=O)NC(C)c1ccncc1. The zero-order valence-electron chi connectivity index (χ0n) is 14.1. The zero-order valence-corrected chi connectivity index (χ0v) is 14.9. The first-order valence-corrected chi connectivity index (χ1v) is 8.79. The Morgan fingerprint density at radius 2 is 1.83 bits per heavy atom. The van der Waals surface area contributed by atoms with Crippen LogP contribution in [0, 0.1) is 6.92 Å². The molecule has 6 heteroatoms. The Bertz CT molecular complexity index is 688. The minimum atomic E-state index is -0.147. The topological polar surface area (TPSA) is 67.8 Å². The summed E-state index contributed by atoms with van der Waals surface area (Å²) in [6.07, 6.45) is 5.36. The molecule has 0 radical (unpaired) electrons. The number of aryl methyl sites for hydroxylation is 1. The Labute approximate surface area is 141 Å². The number of rotatable bonds is 5. The Kier molecular flexibility index (Phi) is 5.71. The van der Waals surface area contributed by atoms with Gasteiger partial charge in [0.05, 0.1) is 17.3 Å². The number of nitrogens with zero attached hydrogens (tertiary/aromatic N) is 3. The summed E-state index contributed by atoms with van der Waals surface area (Å²) in [5.41, 5.74) is 2.28. The molecule has 122 valence electrons. The van der Waals surface area contributed by atoms with E-state index >= 15 is 0 Å². The van der Waals surface area contributed by atoms with E-state index in [2.05, 4.69) is 20.3 Å². The normalized spacial score (nSPS) is 12.3. The molecule has 1 atom stereocenters. The summed E-state index contributed by atoms with van der Waals surface area (Å²) in [5.74, 6) is 0.851. The standard InChI is InChI=1S/C17H22N4OS/c1-10(2)15-19-12(4)14(17(21-15)23-5)16(22)20-11(3)13-6-8-18-9-7-13/h6-11H,1-5H3,(H,20,22). The number of pyridine rings is 1. The maximum atomic E-state index is 12.7. The van der Waals surface area contributed by atoms with Gasteiger partial charge in [-0.2, -0.15) is 0 Å². The van der Waals surface area contributed by atoms with E-state index in [0.717, 1.165) is 16.4 Å². The molecule has 2 heterocycles. The minimum Gasteiger partial charge on any atom is -0.345 e. The highest BCUT2D eigenvalue weighted by molar-refractivity contribution is 7.98. The van der Waals surface area contributed by atoms with Gasteiger partial charge in [-0.05, 0) is 37.8 Å². The molecule has 0 fully saturated rings. The second-order valence-corrected chi connectivity index (χ2v) is 6.48. The predicted molar refractivity (Wildman–Crippen MR) is 92.8 cm³/mol. The maximum absolute atomic E-state index is 12.7. The van der Waals surface area contributed by atoms with Gasteiger partial charge in [-0.25, -0.2) is 9.97 Å². The summed E-state index contributed by atoms with van der Waals surface area (Å²) in [6, 6.07) is 3.68. The van der Waals surface area contributed by atoms with Gasteiger partial charge in [0.1, 0.15) is 10.9 Å². The monoisotopic (exact) mass is 330 g/mol. The average Bonchev–Trinajstić information content (AvgIpc) is 2.54. The molecule has 1 amide bonds. The molecular weight excluding hydrogens is 308 g/mol. The second-order valence-electron chi connectivity index (χ2n) is 5.68. The van der Waals surface area contributed by atoms with Crippen molar-refractivity contribution in [3.05, 3.63) is 47.2 Å². The molecule has 1 unspecified atom stereocenters. The molecule has 2 rings (SSSR count). The van der Waals surface area contributed by atoms with Crippen molar-refractivity contribution < 1.29 is 4.79 Å². The highest BCUT2D eigenvalue weighted by Gasteiger charge is 2.21. The van der Waals surface area contributed by atoms with Crippen LogP contribution in [0.25, 0.3) is 0 Å². The fraction of sp³-hybridized carbons (Fsp3) is 0.412. The van der Waals surface area contributed by atoms with Crippen molar-refractivity contribution in [2.75, 3.05) is 6.26 Å². The maximum Gasteiger partial charge on any atom is 0.256 e. The van der Waals surface area contributed by atoms with Crippen LogP contribution in [0.5, 0.6) is 0 Å². The second kappa shape index (κ2) is 7.55. The number of thioether (sulfide) groups is 1. The van der Waals surface area contributed by atoms with Crippen molar-refractivity contribution >= 4 is 17.7 Å². The van der Waals surface area contributed by atoms with E-state index in [-0.39, 0.29) is 17.9 Å². The van der Waals surface area contributed by atoms with Crippen LogP contribution in [0.4, 0.5) is 0 Å². The van der Waals surface area contributed by atoms with Crippen LogP contribution in [0.1, 0.15) is 60.2 Å². The molecule has 0 saturated carbocycles. The third-order valence-corrected chi connectivity index (χ3v) is 4.25. The van der Waals surface area contributed by atoms with E-state index in [1.54, 1.807) is 12.4 Å². The van der Waals surface area contributed by atoms with Crippen LogP contribution in [-0.4, -0.2) is 27.1 Å². The molecule has 2 aromatic heterocycles. The van der Waals surface area contributed by atoms with Gasteiger partial charge in [-0.1, -0.05) is 13.8 Å². The fourth-order valence-corrected chi connectivity index (χ4v) is 2.87. The van der Waals surface area contributed by atoms with E-state index in [9.17, 15) is 4.79 Å². The van der Waals surface area contributed by atoms with E-state index < -0.39 is 0 Å². The smallest absolute Gasteiger partial charge is 0.256 e. The Hall–Kier alpha value is -1.95. The summed E-state index contributed by atoms with van der Waals surface area (Å²) in [6.45, 7) is 7.90. The molecule has 0 aliphatic rings. The van der Waals surface area contributed by atoms with Crippen LogP contribution in [-0.2, 0) is 0 Å². The van der Waals surface area contributed by atoms with Gasteiger partial charge in [0, 0.05) is 18.3 Å². The molecular formula is C17H22N4OS. The van der Waals surface area contributed by atoms with Gasteiger partial charge in [-0.15, -0.1) is 11.8 Å². The number of nitrogens with one attached hydrogen (secondary N) is 1. The molecule has 0 aliphatic heterocycles. The number of hydrogen-bond donors (Lipinski definition) is 1. The quantitative estimate of drug-likeness (QED) is 0.671. The van der Waals surface area contributed by atoms with Crippen molar-refractivity contribution in [3.8, 4) is 0 Å². The van der Waals surface area contributed by atoms with Gasteiger partial charge in [-0.3, -0.25) is 9.78 Å². The van der Waals surface area contributed by atoms with Crippen LogP contribution in [0.2, 0.25) is 0 Å². The Morgan fingerprint density at radius 1 is 1.17 bits per heavy atom. The Morgan fingerprint density at radius 3 is 2.39 bits per heavy atom. The first-order chi connectivity index (χ1) is 10.9. The lowest BCUT2D eigenvalue weighted by Crippen LogP contribution is -2.28. The minimum absolute atomic E-state index is 0.107. The van der Waals surface area contributed by atoms with Crippen molar-refractivity contribution in [3.63, 3.8) is 0 Å². The molecule has 0 spiro atoms. The van der Waals surface area contributed by atoms with Gasteiger partial charge < -0.3 is 5.32 Å². The summed E-state index contributed by atoms with van der Waals surface area (Å²) < 4.78 is 0. The van der Waals surface area contributed by atoms with E-state index in [4.69, 9.17) is 0 Å². The Balaban J connectivity index is 2.28. The van der Waals surface area contributed by atoms with E-state index in [0.29, 0.717) is 11.3 Å². The molecule has 1 N–H and O–H groups in total. The first-order valence-electron chi connectivity index (χ1n) is 7.57. The number of aromatic nitrogens is 3. The third kappa shape index (κ3) is 4.07. The average molecular weight is 330 g/mol. The van der Waals surface area contributed by atoms with Crippen LogP contribution in [0.15, 0.2) is 29.6 Å². The molecule has 23 heavy (non-hydrogen) atoms. The number of amides is 1. The lowest BCUT2D eigenvalue weighted by atomic mass is 10.1. The first kappa shape index (κ1) is 17.4. The van der Waals surface area contributed by atoms with Crippen molar-refractivity contribution in [1.82, 2.24) is 20.3 Å². The summed E-state index contributed by atoms with van der Waals surface area (Å²) >= 11 is 1.47. The van der Waals surface area contributed by atoms with Gasteiger partial charge in [0.2, 0.25) is 0 Å². The summed E-state index contributed by atoms with van der Waals surface area (Å²) in [5, 5.41) is 3.74. The van der Waals surface area contributed by atoms with Gasteiger partial charge in [0.15, 0.2) is 0 Å². The van der Waals surface area contributed by atoms with Gasteiger partial charge >= 0.3 is 0 Å². The van der Waals surface area contributed by atoms with Crippen molar-refractivity contribution in [2.45, 2.75) is 44.7 Å². The van der Waals surface area contributed by atoms with Crippen LogP contribution < -0.4 is 5.32 Å². The number of hydrogen-bond acceptors (Lipinski definition) is 5. The van der Waals surface area contributed by atoms with Crippen molar-refractivity contribution in [1.29, 1.82) is 0 Å². The zero-order chi connectivity index (χ0) is 17.0. The highest BCUT2D eigenvalue weighted by atomic mass is 32.2. The predicted octanol–water partition coefficient (Wildman–Crippen LogP) is 3.52. The number of carbonyl (C=O) groups excluding carboxylic acids is 1. The van der Waals surface area contributed by atoms with Crippen LogP contribution in [0.3, 0.4) is 0 Å².